The van der Waals surface area contributed by atoms with E-state index in [1.165, 1.54) is 44.7 Å². The first-order valence-corrected chi connectivity index (χ1v) is 8.25. The smallest absolute Gasteiger partial charge is 0.0502 e. The summed E-state index contributed by atoms with van der Waals surface area (Å²) in [4.78, 5) is 0. The molecule has 0 fully saturated rings. The van der Waals surface area contributed by atoms with E-state index in [9.17, 15) is 5.11 Å². The highest BCUT2D eigenvalue weighted by molar-refractivity contribution is 6.10. The van der Waals surface area contributed by atoms with Gasteiger partial charge in [-0.2, -0.15) is 0 Å². The lowest BCUT2D eigenvalue weighted by Crippen LogP contribution is -2.21. The van der Waals surface area contributed by atoms with Crippen molar-refractivity contribution in [3.63, 3.8) is 0 Å². The molecule has 4 rings (SSSR count). The minimum absolute atomic E-state index is 0.256. The molecule has 0 saturated carbocycles. The fourth-order valence-electron chi connectivity index (χ4n) is 4.22. The van der Waals surface area contributed by atoms with E-state index in [1.807, 2.05) is 0 Å². The third-order valence-electron chi connectivity index (χ3n) is 5.53. The van der Waals surface area contributed by atoms with Crippen LogP contribution in [-0.4, -0.2) is 11.7 Å². The van der Waals surface area contributed by atoms with Crippen LogP contribution in [0.1, 0.15) is 36.0 Å². The van der Waals surface area contributed by atoms with Crippen molar-refractivity contribution < 1.29 is 5.11 Å². The van der Waals surface area contributed by atoms with E-state index in [0.29, 0.717) is 11.8 Å². The summed E-state index contributed by atoms with van der Waals surface area (Å²) < 4.78 is 0. The van der Waals surface area contributed by atoms with Crippen molar-refractivity contribution in [3.05, 3.63) is 59.2 Å². The molecule has 1 aliphatic carbocycles. The van der Waals surface area contributed by atoms with E-state index < -0.39 is 0 Å². The topological polar surface area (TPSA) is 20.2 Å². The molecule has 112 valence electrons. The molecule has 22 heavy (non-hydrogen) atoms. The number of rotatable bonds is 1. The zero-order chi connectivity index (χ0) is 15.3. The molecule has 0 amide bonds. The number of hydrogen-bond donors (Lipinski definition) is 1. The second kappa shape index (κ2) is 5.10. The summed E-state index contributed by atoms with van der Waals surface area (Å²) in [6, 6.07) is 15.5. The quantitative estimate of drug-likeness (QED) is 0.628. The monoisotopic (exact) mass is 290 g/mol. The summed E-state index contributed by atoms with van der Waals surface area (Å²) in [6.07, 6.45) is 2.30. The Hall–Kier alpha value is -1.86. The van der Waals surface area contributed by atoms with Gasteiger partial charge in [0.05, 0.1) is 6.61 Å². The summed E-state index contributed by atoms with van der Waals surface area (Å²) >= 11 is 0. The van der Waals surface area contributed by atoms with E-state index in [-0.39, 0.29) is 6.61 Å². The summed E-state index contributed by atoms with van der Waals surface area (Å²) in [7, 11) is 0. The molecule has 1 aliphatic rings. The molecule has 1 nitrogen and oxygen atoms in total. The maximum absolute atomic E-state index is 9.81. The highest BCUT2D eigenvalue weighted by Gasteiger charge is 2.27. The minimum Gasteiger partial charge on any atom is -0.396 e. The van der Waals surface area contributed by atoms with Crippen LogP contribution >= 0.6 is 0 Å². The van der Waals surface area contributed by atoms with Gasteiger partial charge in [0, 0.05) is 5.92 Å². The highest BCUT2D eigenvalue weighted by atomic mass is 16.3. The second-order valence-electron chi connectivity index (χ2n) is 6.77. The van der Waals surface area contributed by atoms with Gasteiger partial charge < -0.3 is 5.11 Å². The first kappa shape index (κ1) is 13.8. The first-order chi connectivity index (χ1) is 10.7. The minimum atomic E-state index is 0.256. The van der Waals surface area contributed by atoms with Gasteiger partial charge in [0.25, 0.3) is 0 Å². The van der Waals surface area contributed by atoms with Crippen LogP contribution in [0.25, 0.3) is 21.5 Å². The summed E-state index contributed by atoms with van der Waals surface area (Å²) in [5.41, 5.74) is 4.17. The Kier molecular flexibility index (Phi) is 3.19. The van der Waals surface area contributed by atoms with Crippen LogP contribution < -0.4 is 0 Å². The molecule has 0 heterocycles. The van der Waals surface area contributed by atoms with Crippen molar-refractivity contribution in [2.24, 2.45) is 5.92 Å². The van der Waals surface area contributed by atoms with E-state index in [0.717, 1.165) is 6.42 Å². The molecule has 0 saturated heterocycles. The zero-order valence-corrected chi connectivity index (χ0v) is 13.3. The molecule has 2 unspecified atom stereocenters. The van der Waals surface area contributed by atoms with Crippen molar-refractivity contribution in [1.29, 1.82) is 0 Å². The molecule has 0 aromatic heterocycles. The maximum Gasteiger partial charge on any atom is 0.0502 e. The summed E-state index contributed by atoms with van der Waals surface area (Å²) in [6.45, 7) is 4.72. The van der Waals surface area contributed by atoms with Gasteiger partial charge in [0.1, 0.15) is 0 Å². The standard InChI is InChI=1S/C21H22O/c1-13-7-8-17-19(21(13)12-22)10-9-18-16-6-4-3-5-15(16)14(2)11-20(17)18/h3-6,9-11,13,21-22H,7-8,12H2,1-2H3. The van der Waals surface area contributed by atoms with Gasteiger partial charge >= 0.3 is 0 Å². The van der Waals surface area contributed by atoms with Crippen LogP contribution in [0.3, 0.4) is 0 Å². The van der Waals surface area contributed by atoms with Crippen molar-refractivity contribution in [3.8, 4) is 0 Å². The molecule has 0 bridgehead atoms. The molecule has 3 aromatic rings. The zero-order valence-electron chi connectivity index (χ0n) is 13.3. The average molecular weight is 290 g/mol. The third-order valence-corrected chi connectivity index (χ3v) is 5.53. The molecule has 1 N–H and O–H groups in total. The lowest BCUT2D eigenvalue weighted by molar-refractivity contribution is 0.219. The lowest BCUT2D eigenvalue weighted by Gasteiger charge is -2.31. The van der Waals surface area contributed by atoms with Gasteiger partial charge in [-0.05, 0) is 63.9 Å². The van der Waals surface area contributed by atoms with E-state index in [1.54, 1.807) is 0 Å². The predicted molar refractivity (Wildman–Crippen MR) is 93.5 cm³/mol. The largest absolute Gasteiger partial charge is 0.396 e. The molecular weight excluding hydrogens is 268 g/mol. The summed E-state index contributed by atoms with van der Waals surface area (Å²) in [5, 5.41) is 15.2. The Morgan fingerprint density at radius 3 is 2.50 bits per heavy atom. The van der Waals surface area contributed by atoms with Gasteiger partial charge in [-0.1, -0.05) is 49.4 Å². The van der Waals surface area contributed by atoms with Crippen molar-refractivity contribution in [2.45, 2.75) is 32.6 Å². The number of aliphatic hydroxyl groups is 1. The Morgan fingerprint density at radius 2 is 1.73 bits per heavy atom. The van der Waals surface area contributed by atoms with Gasteiger partial charge in [-0.15, -0.1) is 0 Å². The van der Waals surface area contributed by atoms with Gasteiger partial charge in [-0.3, -0.25) is 0 Å². The van der Waals surface area contributed by atoms with Crippen LogP contribution in [0.5, 0.6) is 0 Å². The second-order valence-corrected chi connectivity index (χ2v) is 6.77. The number of benzene rings is 3. The molecular formula is C21H22O. The predicted octanol–water partition coefficient (Wildman–Crippen LogP) is 4.96. The van der Waals surface area contributed by atoms with Crippen molar-refractivity contribution in [1.82, 2.24) is 0 Å². The van der Waals surface area contributed by atoms with Crippen LogP contribution in [0.4, 0.5) is 0 Å². The molecule has 3 aromatic carbocycles. The van der Waals surface area contributed by atoms with Crippen molar-refractivity contribution >= 4 is 21.5 Å². The average Bonchev–Trinajstić information content (AvgIpc) is 2.54. The molecule has 2 atom stereocenters. The van der Waals surface area contributed by atoms with Gasteiger partial charge in [0.15, 0.2) is 0 Å². The molecule has 1 heteroatoms. The Bertz CT molecular complexity index is 863. The van der Waals surface area contributed by atoms with Gasteiger partial charge in [-0.25, -0.2) is 0 Å². The lowest BCUT2D eigenvalue weighted by atomic mass is 9.74. The molecule has 0 aliphatic heterocycles. The third kappa shape index (κ3) is 1.89. The number of aliphatic hydroxyl groups excluding tert-OH is 1. The number of hydrogen-bond acceptors (Lipinski definition) is 1. The SMILES string of the molecule is Cc1cc2c3c(ccc2c2ccccc12)C(CO)C(C)CC3. The molecule has 0 spiro atoms. The fourth-order valence-corrected chi connectivity index (χ4v) is 4.22. The highest BCUT2D eigenvalue weighted by Crippen LogP contribution is 2.41. The van der Waals surface area contributed by atoms with Crippen LogP contribution in [-0.2, 0) is 6.42 Å². The van der Waals surface area contributed by atoms with Crippen LogP contribution in [0, 0.1) is 12.8 Å². The van der Waals surface area contributed by atoms with Crippen molar-refractivity contribution in [2.75, 3.05) is 6.61 Å². The van der Waals surface area contributed by atoms with Gasteiger partial charge in [0.2, 0.25) is 0 Å². The summed E-state index contributed by atoms with van der Waals surface area (Å²) in [5.74, 6) is 0.858. The Balaban J connectivity index is 2.08. The maximum atomic E-state index is 9.81. The molecule has 0 radical (unpaired) electrons. The Labute approximate surface area is 131 Å². The van der Waals surface area contributed by atoms with E-state index in [4.69, 9.17) is 0 Å². The number of aryl methyl sites for hydroxylation is 2. The van der Waals surface area contributed by atoms with E-state index >= 15 is 0 Å². The van der Waals surface area contributed by atoms with E-state index in [2.05, 4.69) is 56.3 Å². The van der Waals surface area contributed by atoms with Crippen LogP contribution in [0.15, 0.2) is 42.5 Å². The Morgan fingerprint density at radius 1 is 1.00 bits per heavy atom. The fraction of sp³-hybridized carbons (Fsp3) is 0.333. The normalized spacial score (nSPS) is 21.2. The van der Waals surface area contributed by atoms with Crippen LogP contribution in [0.2, 0.25) is 0 Å². The number of fused-ring (bicyclic) bond motifs is 5. The first-order valence-electron chi connectivity index (χ1n) is 8.25.